The number of anilines is 1. The number of aliphatic hydroxyl groups is 1. The highest BCUT2D eigenvalue weighted by molar-refractivity contribution is 6.29. The fourth-order valence-corrected chi connectivity index (χ4v) is 2.34. The van der Waals surface area contributed by atoms with Gasteiger partial charge in [-0.25, -0.2) is 9.97 Å². The molecule has 1 aromatic heterocycles. The molecule has 0 fully saturated rings. The highest BCUT2D eigenvalue weighted by atomic mass is 35.5. The number of aromatic nitrogens is 2. The van der Waals surface area contributed by atoms with Crippen molar-refractivity contribution in [3.8, 4) is 0 Å². The molecule has 0 aliphatic heterocycles. The molecule has 2 rings (SSSR count). The van der Waals surface area contributed by atoms with Crippen LogP contribution < -0.4 is 5.32 Å². The van der Waals surface area contributed by atoms with Crippen molar-refractivity contribution >= 4 is 17.4 Å². The van der Waals surface area contributed by atoms with E-state index in [0.29, 0.717) is 29.8 Å². The van der Waals surface area contributed by atoms with Crippen LogP contribution in [0.4, 0.5) is 5.82 Å². The summed E-state index contributed by atoms with van der Waals surface area (Å²) in [5.41, 5.74) is 1.20. The Morgan fingerprint density at radius 1 is 1.25 bits per heavy atom. The maximum absolute atomic E-state index is 9.21. The molecule has 0 aliphatic rings. The fraction of sp³-hybridized carbons (Fsp3) is 0.333. The molecule has 20 heavy (non-hydrogen) atoms. The van der Waals surface area contributed by atoms with Crippen molar-refractivity contribution in [2.75, 3.05) is 18.5 Å². The molecule has 0 spiro atoms. The molecule has 0 saturated heterocycles. The maximum Gasteiger partial charge on any atom is 0.134 e. The summed E-state index contributed by atoms with van der Waals surface area (Å²) in [6.07, 6.45) is 0.703. The van der Waals surface area contributed by atoms with E-state index in [-0.39, 0.29) is 12.5 Å². The molecule has 0 saturated carbocycles. The van der Waals surface area contributed by atoms with E-state index < -0.39 is 0 Å². The zero-order valence-corrected chi connectivity index (χ0v) is 12.1. The first-order chi connectivity index (χ1) is 9.69. The monoisotopic (exact) mass is 291 g/mol. The second-order valence-electron chi connectivity index (χ2n) is 4.62. The van der Waals surface area contributed by atoms with Crippen molar-refractivity contribution in [2.45, 2.75) is 19.3 Å². The summed E-state index contributed by atoms with van der Waals surface area (Å²) in [4.78, 5) is 8.32. The average Bonchev–Trinajstić information content (AvgIpc) is 2.43. The predicted octanol–water partition coefficient (Wildman–Crippen LogP) is 3.02. The largest absolute Gasteiger partial charge is 0.396 e. The van der Waals surface area contributed by atoms with Gasteiger partial charge in [0.25, 0.3) is 0 Å². The fourth-order valence-electron chi connectivity index (χ4n) is 2.12. The standard InChI is InChI=1S/C15H18ClN3O/c1-11-18-14(16)9-15(19-11)17-10-13(7-8-20)12-5-3-2-4-6-12/h2-6,9,13,20H,7-8,10H2,1H3,(H,17,18,19). The maximum atomic E-state index is 9.21. The lowest BCUT2D eigenvalue weighted by molar-refractivity contribution is 0.277. The predicted molar refractivity (Wildman–Crippen MR) is 81.2 cm³/mol. The summed E-state index contributed by atoms with van der Waals surface area (Å²) in [5.74, 6) is 1.58. The number of aryl methyl sites for hydroxylation is 1. The molecule has 0 bridgehead atoms. The Labute approximate surface area is 123 Å². The van der Waals surface area contributed by atoms with Crippen molar-refractivity contribution in [2.24, 2.45) is 0 Å². The van der Waals surface area contributed by atoms with Gasteiger partial charge in [0.15, 0.2) is 0 Å². The Morgan fingerprint density at radius 3 is 2.65 bits per heavy atom. The minimum Gasteiger partial charge on any atom is -0.396 e. The molecular formula is C15H18ClN3O. The van der Waals surface area contributed by atoms with Crippen molar-refractivity contribution in [1.82, 2.24) is 9.97 Å². The van der Waals surface area contributed by atoms with E-state index in [4.69, 9.17) is 11.6 Å². The molecule has 2 N–H and O–H groups in total. The lowest BCUT2D eigenvalue weighted by Crippen LogP contribution is -2.15. The Morgan fingerprint density at radius 2 is 2.00 bits per heavy atom. The SMILES string of the molecule is Cc1nc(Cl)cc(NCC(CCO)c2ccccc2)n1. The number of nitrogens with one attached hydrogen (secondary N) is 1. The van der Waals surface area contributed by atoms with E-state index in [2.05, 4.69) is 27.4 Å². The highest BCUT2D eigenvalue weighted by Gasteiger charge is 2.11. The molecule has 0 radical (unpaired) electrons. The molecular weight excluding hydrogens is 274 g/mol. The average molecular weight is 292 g/mol. The van der Waals surface area contributed by atoms with Gasteiger partial charge in [0, 0.05) is 25.1 Å². The van der Waals surface area contributed by atoms with Gasteiger partial charge in [0.1, 0.15) is 16.8 Å². The number of halogens is 1. The van der Waals surface area contributed by atoms with Gasteiger partial charge in [-0.15, -0.1) is 0 Å². The van der Waals surface area contributed by atoms with E-state index in [1.165, 1.54) is 5.56 Å². The number of nitrogens with zero attached hydrogens (tertiary/aromatic N) is 2. The molecule has 1 heterocycles. The van der Waals surface area contributed by atoms with Crippen LogP contribution >= 0.6 is 11.6 Å². The smallest absolute Gasteiger partial charge is 0.134 e. The van der Waals surface area contributed by atoms with Crippen LogP contribution in [0.1, 0.15) is 23.7 Å². The van der Waals surface area contributed by atoms with Gasteiger partial charge in [0.2, 0.25) is 0 Å². The van der Waals surface area contributed by atoms with Gasteiger partial charge in [-0.2, -0.15) is 0 Å². The van der Waals surface area contributed by atoms with E-state index in [9.17, 15) is 5.11 Å². The first-order valence-corrected chi connectivity index (χ1v) is 6.97. The molecule has 2 aromatic rings. The first-order valence-electron chi connectivity index (χ1n) is 6.60. The molecule has 4 nitrogen and oxygen atoms in total. The Balaban J connectivity index is 2.05. The topological polar surface area (TPSA) is 58.0 Å². The molecule has 106 valence electrons. The van der Waals surface area contributed by atoms with Crippen molar-refractivity contribution in [3.63, 3.8) is 0 Å². The van der Waals surface area contributed by atoms with Crippen LogP contribution in [0.5, 0.6) is 0 Å². The van der Waals surface area contributed by atoms with Crippen molar-refractivity contribution in [3.05, 3.63) is 52.9 Å². The summed E-state index contributed by atoms with van der Waals surface area (Å²) in [6.45, 7) is 2.65. The van der Waals surface area contributed by atoms with Crippen molar-refractivity contribution in [1.29, 1.82) is 0 Å². The zero-order valence-electron chi connectivity index (χ0n) is 11.4. The number of rotatable bonds is 6. The normalized spacial score (nSPS) is 12.2. The molecule has 1 aromatic carbocycles. The van der Waals surface area contributed by atoms with Crippen LogP contribution in [0.2, 0.25) is 5.15 Å². The lowest BCUT2D eigenvalue weighted by atomic mass is 9.96. The summed E-state index contributed by atoms with van der Waals surface area (Å²) in [7, 11) is 0. The lowest BCUT2D eigenvalue weighted by Gasteiger charge is -2.17. The van der Waals surface area contributed by atoms with E-state index in [1.54, 1.807) is 13.0 Å². The van der Waals surface area contributed by atoms with E-state index >= 15 is 0 Å². The summed E-state index contributed by atoms with van der Waals surface area (Å²) >= 11 is 5.91. The van der Waals surface area contributed by atoms with Crippen molar-refractivity contribution < 1.29 is 5.11 Å². The van der Waals surface area contributed by atoms with Crippen LogP contribution in [0, 0.1) is 6.92 Å². The molecule has 0 aliphatic carbocycles. The van der Waals surface area contributed by atoms with Gasteiger partial charge in [0.05, 0.1) is 0 Å². The van der Waals surface area contributed by atoms with E-state index in [1.807, 2.05) is 18.2 Å². The highest BCUT2D eigenvalue weighted by Crippen LogP contribution is 2.20. The van der Waals surface area contributed by atoms with Gasteiger partial charge in [-0.3, -0.25) is 0 Å². The quantitative estimate of drug-likeness (QED) is 0.803. The second-order valence-corrected chi connectivity index (χ2v) is 5.01. The van der Waals surface area contributed by atoms with Crippen LogP contribution in [0.3, 0.4) is 0 Å². The Hall–Kier alpha value is -1.65. The number of hydrogen-bond acceptors (Lipinski definition) is 4. The van der Waals surface area contributed by atoms with Gasteiger partial charge in [-0.05, 0) is 18.9 Å². The summed E-state index contributed by atoms with van der Waals surface area (Å²) in [5, 5.41) is 12.9. The molecule has 1 atom stereocenters. The van der Waals surface area contributed by atoms with Crippen LogP contribution in [-0.2, 0) is 0 Å². The third kappa shape index (κ3) is 4.18. The van der Waals surface area contributed by atoms with E-state index in [0.717, 1.165) is 0 Å². The minimum absolute atomic E-state index is 0.158. The third-order valence-corrected chi connectivity index (χ3v) is 3.28. The van der Waals surface area contributed by atoms with Gasteiger partial charge in [-0.1, -0.05) is 41.9 Å². The zero-order chi connectivity index (χ0) is 14.4. The number of benzene rings is 1. The Kier molecular flexibility index (Phi) is 5.32. The Bertz CT molecular complexity index is 528. The molecule has 5 heteroatoms. The number of hydrogen-bond donors (Lipinski definition) is 2. The number of aliphatic hydroxyl groups excluding tert-OH is 1. The van der Waals surface area contributed by atoms with Crippen LogP contribution in [0.15, 0.2) is 36.4 Å². The summed E-state index contributed by atoms with van der Waals surface area (Å²) in [6, 6.07) is 11.8. The van der Waals surface area contributed by atoms with Gasteiger partial charge >= 0.3 is 0 Å². The minimum atomic E-state index is 0.158. The van der Waals surface area contributed by atoms with Crippen LogP contribution in [0.25, 0.3) is 0 Å². The third-order valence-electron chi connectivity index (χ3n) is 3.08. The molecule has 1 unspecified atom stereocenters. The van der Waals surface area contributed by atoms with Gasteiger partial charge < -0.3 is 10.4 Å². The van der Waals surface area contributed by atoms with Crippen LogP contribution in [-0.4, -0.2) is 28.2 Å². The second kappa shape index (κ2) is 7.22. The summed E-state index contributed by atoms with van der Waals surface area (Å²) < 4.78 is 0. The first kappa shape index (κ1) is 14.8. The molecule has 0 amide bonds.